The summed E-state index contributed by atoms with van der Waals surface area (Å²) in [7, 11) is -3.12. The highest BCUT2D eigenvalue weighted by Crippen LogP contribution is 1.27. The molecule has 0 bridgehead atoms. The van der Waals surface area contributed by atoms with Gasteiger partial charge in [-0.1, -0.05) is 0 Å². The lowest BCUT2D eigenvalue weighted by Gasteiger charge is -1.43. The molecule has 0 fully saturated rings. The molecule has 0 atom stereocenters. The first-order valence-corrected chi connectivity index (χ1v) is 1.70. The zero-order valence-corrected chi connectivity index (χ0v) is 4.81. The van der Waals surface area contributed by atoms with Crippen molar-refractivity contribution in [3.05, 3.63) is 0 Å². The fraction of sp³-hybridized carbons (Fsp3) is 0. The largest absolute Gasteiger partial charge is 0.344 e. The van der Waals surface area contributed by atoms with Gasteiger partial charge in [-0.05, 0) is 0 Å². The molecule has 0 aromatic heterocycles. The fourth-order valence-corrected chi connectivity index (χ4v) is 0. The average Bonchev–Trinajstić information content (AvgIpc) is 0.811. The zero-order valence-electron chi connectivity index (χ0n) is 2.92. The Hall–Kier alpha value is 0.220. The van der Waals surface area contributed by atoms with Gasteiger partial charge < -0.3 is 6.15 Å². The molecule has 0 saturated carbocycles. The van der Waals surface area contributed by atoms with Gasteiger partial charge in [0, 0.05) is 0 Å². The van der Waals surface area contributed by atoms with Gasteiger partial charge in [-0.2, -0.15) is 13.5 Å². The Kier molecular flexibility index (Phi) is 24.4. The van der Waals surface area contributed by atoms with Crippen molar-refractivity contribution >= 4 is 24.5 Å². The molecule has 0 aliphatic rings. The predicted molar refractivity (Wildman–Crippen MR) is 28.3 cm³/mol. The second kappa shape index (κ2) is 8.97. The SMILES string of the molecule is N.O=[SH](=O)O.S. The van der Waals surface area contributed by atoms with Crippen LogP contribution in [0, 0.1) is 0 Å². The molecule has 6 heavy (non-hydrogen) atoms. The number of rotatable bonds is 0. The van der Waals surface area contributed by atoms with Crippen LogP contribution in [0.3, 0.4) is 0 Å². The lowest BCUT2D eigenvalue weighted by atomic mass is 14.0. The summed E-state index contributed by atoms with van der Waals surface area (Å²) < 4.78 is 24.2. The van der Waals surface area contributed by atoms with Gasteiger partial charge in [0.1, 0.15) is 0 Å². The summed E-state index contributed by atoms with van der Waals surface area (Å²) in [5, 5.41) is 0. The van der Waals surface area contributed by atoms with Gasteiger partial charge in [-0.15, -0.1) is 0 Å². The topological polar surface area (TPSA) is 89.4 Å². The smallest absolute Gasteiger partial charge is 0.254 e. The molecule has 0 aromatic carbocycles. The summed E-state index contributed by atoms with van der Waals surface area (Å²) in [5.41, 5.74) is 0. The van der Waals surface area contributed by atoms with Gasteiger partial charge in [-0.25, -0.2) is 8.42 Å². The molecule has 6 heteroatoms. The Bertz CT molecular complexity index is 57.2. The van der Waals surface area contributed by atoms with Gasteiger partial charge in [0.25, 0.3) is 11.0 Å². The lowest BCUT2D eigenvalue weighted by Crippen LogP contribution is -1.58. The summed E-state index contributed by atoms with van der Waals surface area (Å²) in [6.45, 7) is 0. The van der Waals surface area contributed by atoms with Crippen molar-refractivity contribution in [1.29, 1.82) is 0 Å². The third-order valence-corrected chi connectivity index (χ3v) is 0. The van der Waals surface area contributed by atoms with Crippen LogP contribution in [0.15, 0.2) is 0 Å². The zero-order chi connectivity index (χ0) is 3.58. The maximum Gasteiger partial charge on any atom is 0.254 e. The van der Waals surface area contributed by atoms with E-state index >= 15 is 0 Å². The Labute approximate surface area is 44.4 Å². The van der Waals surface area contributed by atoms with Crippen LogP contribution < -0.4 is 6.15 Å². The first-order chi connectivity index (χ1) is 1.73. The van der Waals surface area contributed by atoms with Crippen molar-refractivity contribution in [3.8, 4) is 0 Å². The minimum absolute atomic E-state index is 0. The highest BCUT2D eigenvalue weighted by Gasteiger charge is 1.44. The van der Waals surface area contributed by atoms with Gasteiger partial charge in [0.05, 0.1) is 0 Å². The molecule has 0 aromatic rings. The highest BCUT2D eigenvalue weighted by atomic mass is 32.2. The van der Waals surface area contributed by atoms with Crippen molar-refractivity contribution in [2.45, 2.75) is 0 Å². The molecule has 0 aliphatic heterocycles. The van der Waals surface area contributed by atoms with Crippen molar-refractivity contribution in [2.24, 2.45) is 0 Å². The molecular weight excluding hydrogens is 126 g/mol. The molecule has 0 spiro atoms. The standard InChI is InChI=1S/H3N.H2O3S.H2S/c;1-4(2)3;/h1H3;4H,(H,1,2,3);1H2. The molecule has 0 saturated heterocycles. The first-order valence-electron chi connectivity index (χ1n) is 0.565. The van der Waals surface area contributed by atoms with Crippen molar-refractivity contribution in [1.82, 2.24) is 6.15 Å². The molecule has 0 amide bonds. The summed E-state index contributed by atoms with van der Waals surface area (Å²) >= 11 is 0. The Morgan fingerprint density at radius 3 is 1.33 bits per heavy atom. The van der Waals surface area contributed by atoms with E-state index in [-0.39, 0.29) is 19.6 Å². The van der Waals surface area contributed by atoms with E-state index < -0.39 is 11.0 Å². The quantitative estimate of drug-likeness (QED) is 0.302. The highest BCUT2D eigenvalue weighted by molar-refractivity contribution is 7.66. The third kappa shape index (κ3) is 904. The second-order valence-electron chi connectivity index (χ2n) is 0.238. The molecule has 0 radical (unpaired) electrons. The van der Waals surface area contributed by atoms with E-state index in [1.807, 2.05) is 0 Å². The van der Waals surface area contributed by atoms with Gasteiger partial charge in [-0.3, -0.25) is 4.55 Å². The molecule has 4 nitrogen and oxygen atoms in total. The summed E-state index contributed by atoms with van der Waals surface area (Å²) in [4.78, 5) is 0. The minimum Gasteiger partial charge on any atom is -0.344 e. The summed E-state index contributed by atoms with van der Waals surface area (Å²) in [6.07, 6.45) is 0. The van der Waals surface area contributed by atoms with Gasteiger partial charge in [0.15, 0.2) is 0 Å². The number of hydrogen-bond acceptors (Lipinski definition) is 3. The van der Waals surface area contributed by atoms with Crippen LogP contribution in [0.5, 0.6) is 0 Å². The van der Waals surface area contributed by atoms with E-state index in [2.05, 4.69) is 0 Å². The first kappa shape index (κ1) is 16.3. The van der Waals surface area contributed by atoms with E-state index in [1.54, 1.807) is 0 Å². The number of hydrogen-bond donors (Lipinski definition) is 3. The second-order valence-corrected chi connectivity index (χ2v) is 0.714. The fourth-order valence-electron chi connectivity index (χ4n) is 0. The Morgan fingerprint density at radius 2 is 1.33 bits per heavy atom. The van der Waals surface area contributed by atoms with E-state index in [9.17, 15) is 0 Å². The molecular formula is H7NO3S2. The maximum absolute atomic E-state index is 8.59. The maximum atomic E-state index is 8.59. The van der Waals surface area contributed by atoms with Crippen molar-refractivity contribution in [2.75, 3.05) is 0 Å². The van der Waals surface area contributed by atoms with E-state index in [4.69, 9.17) is 13.0 Å². The summed E-state index contributed by atoms with van der Waals surface area (Å²) in [6, 6.07) is 0. The van der Waals surface area contributed by atoms with Crippen LogP contribution in [0.1, 0.15) is 0 Å². The van der Waals surface area contributed by atoms with Crippen LogP contribution in [0.25, 0.3) is 0 Å². The molecule has 0 rings (SSSR count). The Balaban J connectivity index is -0.0000000450. The van der Waals surface area contributed by atoms with Crippen LogP contribution in [-0.2, 0) is 11.0 Å². The predicted octanol–water partition coefficient (Wildman–Crippen LogP) is -0.654. The van der Waals surface area contributed by atoms with E-state index in [1.165, 1.54) is 0 Å². The third-order valence-electron chi connectivity index (χ3n) is 0. The lowest BCUT2D eigenvalue weighted by molar-refractivity contribution is 0.509. The van der Waals surface area contributed by atoms with Crippen molar-refractivity contribution in [3.63, 3.8) is 0 Å². The molecule has 0 heterocycles. The van der Waals surface area contributed by atoms with Crippen LogP contribution in [0.4, 0.5) is 0 Å². The molecule has 0 aliphatic carbocycles. The van der Waals surface area contributed by atoms with E-state index in [0.717, 1.165) is 0 Å². The minimum atomic E-state index is -3.12. The van der Waals surface area contributed by atoms with Gasteiger partial charge >= 0.3 is 0 Å². The number of thiol groups is 1. The van der Waals surface area contributed by atoms with Crippen molar-refractivity contribution < 1.29 is 13.0 Å². The normalized spacial score (nSPS) is 5.67. The monoisotopic (exact) mass is 133 g/mol. The molecule has 42 valence electrons. The van der Waals surface area contributed by atoms with Crippen LogP contribution in [0.2, 0.25) is 0 Å². The molecule has 4 N–H and O–H groups in total. The van der Waals surface area contributed by atoms with Crippen LogP contribution >= 0.6 is 13.5 Å². The molecule has 0 unspecified atom stereocenters. The average molecular weight is 133 g/mol. The summed E-state index contributed by atoms with van der Waals surface area (Å²) in [5.74, 6) is 0. The van der Waals surface area contributed by atoms with Crippen LogP contribution in [-0.4, -0.2) is 13.0 Å². The van der Waals surface area contributed by atoms with E-state index in [0.29, 0.717) is 0 Å². The Morgan fingerprint density at radius 1 is 1.33 bits per heavy atom. The van der Waals surface area contributed by atoms with Gasteiger partial charge in [0.2, 0.25) is 0 Å².